The standard InChI is InChI=1S/C12H14O2S/c13-5-1-2-11-6-12(15-9-11)8-14-7-10-3-4-10/h6,9-10,13H,3-5,7-8H2. The summed E-state index contributed by atoms with van der Waals surface area (Å²) in [6.07, 6.45) is 2.66. The lowest BCUT2D eigenvalue weighted by atomic mass is 10.3. The lowest BCUT2D eigenvalue weighted by Gasteiger charge is -1.98. The lowest BCUT2D eigenvalue weighted by molar-refractivity contribution is 0.113. The van der Waals surface area contributed by atoms with Crippen LogP contribution in [-0.4, -0.2) is 18.3 Å². The zero-order valence-electron chi connectivity index (χ0n) is 8.53. The molecule has 15 heavy (non-hydrogen) atoms. The Bertz CT molecular complexity index is 368. The molecule has 1 aromatic heterocycles. The van der Waals surface area contributed by atoms with Gasteiger partial charge in [0.1, 0.15) is 6.61 Å². The van der Waals surface area contributed by atoms with E-state index in [1.54, 1.807) is 11.3 Å². The van der Waals surface area contributed by atoms with Crippen LogP contribution in [-0.2, 0) is 11.3 Å². The number of ether oxygens (including phenoxy) is 1. The summed E-state index contributed by atoms with van der Waals surface area (Å²) < 4.78 is 5.57. The molecular weight excluding hydrogens is 208 g/mol. The van der Waals surface area contributed by atoms with E-state index in [9.17, 15) is 0 Å². The van der Waals surface area contributed by atoms with Gasteiger partial charge in [0.15, 0.2) is 0 Å². The van der Waals surface area contributed by atoms with Crippen LogP contribution in [0.4, 0.5) is 0 Å². The van der Waals surface area contributed by atoms with Crippen LogP contribution >= 0.6 is 11.3 Å². The highest BCUT2D eigenvalue weighted by Gasteiger charge is 2.21. The van der Waals surface area contributed by atoms with Crippen molar-refractivity contribution in [2.45, 2.75) is 19.4 Å². The minimum absolute atomic E-state index is 0.0800. The number of hydrogen-bond acceptors (Lipinski definition) is 3. The van der Waals surface area contributed by atoms with Crippen molar-refractivity contribution in [2.75, 3.05) is 13.2 Å². The van der Waals surface area contributed by atoms with Crippen molar-refractivity contribution in [1.82, 2.24) is 0 Å². The summed E-state index contributed by atoms with van der Waals surface area (Å²) >= 11 is 1.66. The summed E-state index contributed by atoms with van der Waals surface area (Å²) in [5.41, 5.74) is 0.971. The molecule has 0 spiro atoms. The molecule has 3 heteroatoms. The van der Waals surface area contributed by atoms with Gasteiger partial charge < -0.3 is 9.84 Å². The Kier molecular flexibility index (Phi) is 3.79. The van der Waals surface area contributed by atoms with E-state index in [0.29, 0.717) is 6.61 Å². The molecule has 1 fully saturated rings. The second kappa shape index (κ2) is 5.32. The summed E-state index contributed by atoms with van der Waals surface area (Å²) in [7, 11) is 0. The SMILES string of the molecule is OCC#Cc1csc(COCC2CC2)c1. The van der Waals surface area contributed by atoms with Gasteiger partial charge >= 0.3 is 0 Å². The highest BCUT2D eigenvalue weighted by Crippen LogP contribution is 2.29. The van der Waals surface area contributed by atoms with Crippen molar-refractivity contribution >= 4 is 11.3 Å². The second-order valence-electron chi connectivity index (χ2n) is 3.72. The van der Waals surface area contributed by atoms with Crippen molar-refractivity contribution in [3.05, 3.63) is 21.9 Å². The zero-order chi connectivity index (χ0) is 10.5. The molecule has 0 bridgehead atoms. The molecule has 0 aromatic carbocycles. The van der Waals surface area contributed by atoms with Crippen LogP contribution in [0.3, 0.4) is 0 Å². The molecule has 0 saturated heterocycles. The molecule has 1 N–H and O–H groups in total. The molecule has 0 aliphatic heterocycles. The highest BCUT2D eigenvalue weighted by molar-refractivity contribution is 7.10. The molecule has 2 nitrogen and oxygen atoms in total. The first-order chi connectivity index (χ1) is 7.38. The van der Waals surface area contributed by atoms with Gasteiger partial charge in [-0.25, -0.2) is 0 Å². The largest absolute Gasteiger partial charge is 0.384 e. The van der Waals surface area contributed by atoms with Gasteiger partial charge in [-0.1, -0.05) is 11.8 Å². The third-order valence-corrected chi connectivity index (χ3v) is 3.17. The van der Waals surface area contributed by atoms with E-state index in [4.69, 9.17) is 9.84 Å². The van der Waals surface area contributed by atoms with E-state index in [1.165, 1.54) is 17.7 Å². The first-order valence-corrected chi connectivity index (χ1v) is 6.01. The predicted octanol–water partition coefficient (Wildman–Crippen LogP) is 2.02. The minimum Gasteiger partial charge on any atom is -0.384 e. The van der Waals surface area contributed by atoms with Crippen molar-refractivity contribution in [3.8, 4) is 11.8 Å². The van der Waals surface area contributed by atoms with Gasteiger partial charge in [-0.2, -0.15) is 0 Å². The summed E-state index contributed by atoms with van der Waals surface area (Å²) in [5.74, 6) is 6.33. The molecular formula is C12H14O2S. The van der Waals surface area contributed by atoms with Gasteiger partial charge in [-0.05, 0) is 24.8 Å². The van der Waals surface area contributed by atoms with Gasteiger partial charge in [0, 0.05) is 22.4 Å². The maximum atomic E-state index is 8.55. The first kappa shape index (κ1) is 10.7. The van der Waals surface area contributed by atoms with Gasteiger partial charge in [0.2, 0.25) is 0 Å². The molecule has 1 saturated carbocycles. The zero-order valence-corrected chi connectivity index (χ0v) is 9.35. The molecule has 0 radical (unpaired) electrons. The minimum atomic E-state index is -0.0800. The molecule has 1 aliphatic carbocycles. The normalized spacial score (nSPS) is 14.7. The Morgan fingerprint density at radius 2 is 2.40 bits per heavy atom. The van der Waals surface area contributed by atoms with E-state index >= 15 is 0 Å². The van der Waals surface area contributed by atoms with Gasteiger partial charge in [0.25, 0.3) is 0 Å². The predicted molar refractivity (Wildman–Crippen MR) is 60.7 cm³/mol. The molecule has 1 aliphatic rings. The van der Waals surface area contributed by atoms with Crippen molar-refractivity contribution in [3.63, 3.8) is 0 Å². The van der Waals surface area contributed by atoms with Crippen LogP contribution in [0, 0.1) is 17.8 Å². The van der Waals surface area contributed by atoms with Crippen LogP contribution in [0.2, 0.25) is 0 Å². The van der Waals surface area contributed by atoms with Crippen LogP contribution in [0.25, 0.3) is 0 Å². The van der Waals surface area contributed by atoms with Crippen molar-refractivity contribution in [1.29, 1.82) is 0 Å². The molecule has 0 unspecified atom stereocenters. The maximum absolute atomic E-state index is 8.55. The summed E-state index contributed by atoms with van der Waals surface area (Å²) in [6, 6.07) is 2.03. The van der Waals surface area contributed by atoms with Crippen LogP contribution < -0.4 is 0 Å². The fraction of sp³-hybridized carbons (Fsp3) is 0.500. The molecule has 0 atom stereocenters. The molecule has 1 heterocycles. The van der Waals surface area contributed by atoms with Gasteiger partial charge in [-0.15, -0.1) is 11.3 Å². The lowest BCUT2D eigenvalue weighted by Crippen LogP contribution is -1.94. The highest BCUT2D eigenvalue weighted by atomic mass is 32.1. The monoisotopic (exact) mass is 222 g/mol. The molecule has 1 aromatic rings. The quantitative estimate of drug-likeness (QED) is 0.790. The number of aliphatic hydroxyl groups excluding tert-OH is 1. The molecule has 0 amide bonds. The summed E-state index contributed by atoms with van der Waals surface area (Å²) in [4.78, 5) is 1.21. The summed E-state index contributed by atoms with van der Waals surface area (Å²) in [6.45, 7) is 1.51. The smallest absolute Gasteiger partial charge is 0.104 e. The third-order valence-electron chi connectivity index (χ3n) is 2.26. The number of hydrogen-bond donors (Lipinski definition) is 1. The Balaban J connectivity index is 1.77. The van der Waals surface area contributed by atoms with Crippen LogP contribution in [0.5, 0.6) is 0 Å². The average molecular weight is 222 g/mol. The van der Waals surface area contributed by atoms with Crippen molar-refractivity contribution in [2.24, 2.45) is 5.92 Å². The fourth-order valence-electron chi connectivity index (χ4n) is 1.27. The molecule has 2 rings (SSSR count). The number of thiophene rings is 1. The van der Waals surface area contributed by atoms with Crippen LogP contribution in [0.15, 0.2) is 11.4 Å². The molecule has 80 valence electrons. The van der Waals surface area contributed by atoms with E-state index in [1.807, 2.05) is 11.4 Å². The fourth-order valence-corrected chi connectivity index (χ4v) is 2.03. The summed E-state index contributed by atoms with van der Waals surface area (Å²) in [5, 5.41) is 10.5. The third kappa shape index (κ3) is 3.67. The van der Waals surface area contributed by atoms with Gasteiger partial charge in [-0.3, -0.25) is 0 Å². The topological polar surface area (TPSA) is 29.5 Å². The van der Waals surface area contributed by atoms with Crippen LogP contribution in [0.1, 0.15) is 23.3 Å². The van der Waals surface area contributed by atoms with E-state index in [-0.39, 0.29) is 6.61 Å². The van der Waals surface area contributed by atoms with Gasteiger partial charge in [0.05, 0.1) is 6.61 Å². The first-order valence-electron chi connectivity index (χ1n) is 5.13. The number of rotatable bonds is 4. The van der Waals surface area contributed by atoms with Crippen molar-refractivity contribution < 1.29 is 9.84 Å². The number of aliphatic hydroxyl groups is 1. The Hall–Kier alpha value is -0.820. The average Bonchev–Trinajstić information content (AvgIpc) is 2.95. The Labute approximate surface area is 93.9 Å². The van der Waals surface area contributed by atoms with E-state index in [2.05, 4.69) is 11.8 Å². The second-order valence-corrected chi connectivity index (χ2v) is 4.72. The van der Waals surface area contributed by atoms with E-state index in [0.717, 1.165) is 18.1 Å². The van der Waals surface area contributed by atoms with E-state index < -0.39 is 0 Å². The Morgan fingerprint density at radius 3 is 3.13 bits per heavy atom. The maximum Gasteiger partial charge on any atom is 0.104 e. The Morgan fingerprint density at radius 1 is 1.53 bits per heavy atom.